The zero-order valence-electron chi connectivity index (χ0n) is 14.9. The van der Waals surface area contributed by atoms with Crippen LogP contribution in [0.15, 0.2) is 22.7 Å². The van der Waals surface area contributed by atoms with E-state index in [9.17, 15) is 4.79 Å². The molecule has 25 heavy (non-hydrogen) atoms. The van der Waals surface area contributed by atoms with Crippen molar-refractivity contribution in [2.75, 3.05) is 38.2 Å². The standard InChI is InChI=1S/C19H28BrN3O2/c1-15-5-6-16(20)13-17(15)22-18(24)21-14-19(7-3-2-4-8-19)23-9-11-25-12-10-23/h5-6,13H,2-4,7-12,14H2,1H3,(H2,21,22,24). The van der Waals surface area contributed by atoms with E-state index in [0.717, 1.165) is 54.9 Å². The van der Waals surface area contributed by atoms with Gasteiger partial charge >= 0.3 is 6.03 Å². The van der Waals surface area contributed by atoms with Gasteiger partial charge in [-0.2, -0.15) is 0 Å². The van der Waals surface area contributed by atoms with E-state index in [1.807, 2.05) is 25.1 Å². The summed E-state index contributed by atoms with van der Waals surface area (Å²) < 4.78 is 6.48. The van der Waals surface area contributed by atoms with Crippen LogP contribution in [0.4, 0.5) is 10.5 Å². The predicted octanol–water partition coefficient (Wildman–Crippen LogP) is 3.91. The van der Waals surface area contributed by atoms with Crippen molar-refractivity contribution in [3.8, 4) is 0 Å². The van der Waals surface area contributed by atoms with E-state index in [-0.39, 0.29) is 11.6 Å². The number of anilines is 1. The monoisotopic (exact) mass is 409 g/mol. The Labute approximate surface area is 158 Å². The topological polar surface area (TPSA) is 53.6 Å². The Balaban J connectivity index is 1.62. The third-order valence-electron chi connectivity index (χ3n) is 5.49. The summed E-state index contributed by atoms with van der Waals surface area (Å²) in [5, 5.41) is 6.13. The minimum Gasteiger partial charge on any atom is -0.379 e. The fraction of sp³-hybridized carbons (Fsp3) is 0.632. The average Bonchev–Trinajstić information content (AvgIpc) is 2.65. The number of amides is 2. The van der Waals surface area contributed by atoms with Gasteiger partial charge in [0.1, 0.15) is 0 Å². The number of urea groups is 1. The first-order valence-corrected chi connectivity index (χ1v) is 10.0. The number of carbonyl (C=O) groups excluding carboxylic acids is 1. The fourth-order valence-electron chi connectivity index (χ4n) is 3.99. The van der Waals surface area contributed by atoms with Gasteiger partial charge in [-0.15, -0.1) is 0 Å². The first-order valence-electron chi connectivity index (χ1n) is 9.23. The number of rotatable bonds is 4. The lowest BCUT2D eigenvalue weighted by atomic mass is 9.80. The Morgan fingerprint density at radius 2 is 1.96 bits per heavy atom. The number of nitrogens with zero attached hydrogens (tertiary/aromatic N) is 1. The highest BCUT2D eigenvalue weighted by Crippen LogP contribution is 2.34. The average molecular weight is 410 g/mol. The van der Waals surface area contributed by atoms with Crippen LogP contribution in [0, 0.1) is 6.92 Å². The zero-order valence-corrected chi connectivity index (χ0v) is 16.5. The summed E-state index contributed by atoms with van der Waals surface area (Å²) in [6, 6.07) is 5.79. The minimum absolute atomic E-state index is 0.0890. The Hall–Kier alpha value is -1.11. The van der Waals surface area contributed by atoms with Crippen LogP contribution < -0.4 is 10.6 Å². The molecule has 2 amide bonds. The Morgan fingerprint density at radius 1 is 1.24 bits per heavy atom. The lowest BCUT2D eigenvalue weighted by Crippen LogP contribution is -2.60. The van der Waals surface area contributed by atoms with E-state index in [0.29, 0.717) is 6.54 Å². The van der Waals surface area contributed by atoms with Crippen molar-refractivity contribution in [3.05, 3.63) is 28.2 Å². The molecular formula is C19H28BrN3O2. The van der Waals surface area contributed by atoms with Gasteiger partial charge in [0.2, 0.25) is 0 Å². The molecule has 2 N–H and O–H groups in total. The van der Waals surface area contributed by atoms with E-state index >= 15 is 0 Å². The number of hydrogen-bond acceptors (Lipinski definition) is 3. The van der Waals surface area contributed by atoms with Crippen LogP contribution in [0.3, 0.4) is 0 Å². The maximum Gasteiger partial charge on any atom is 0.319 e. The van der Waals surface area contributed by atoms with Crippen molar-refractivity contribution in [3.63, 3.8) is 0 Å². The highest BCUT2D eigenvalue weighted by atomic mass is 79.9. The summed E-state index contributed by atoms with van der Waals surface area (Å²) in [6.45, 7) is 6.22. The molecule has 5 nitrogen and oxygen atoms in total. The molecule has 0 radical (unpaired) electrons. The Morgan fingerprint density at radius 3 is 2.68 bits per heavy atom. The highest BCUT2D eigenvalue weighted by Gasteiger charge is 2.38. The van der Waals surface area contributed by atoms with Gasteiger partial charge in [0.25, 0.3) is 0 Å². The summed E-state index contributed by atoms with van der Waals surface area (Å²) in [7, 11) is 0. The molecule has 0 aromatic heterocycles. The van der Waals surface area contributed by atoms with Gasteiger partial charge in [-0.25, -0.2) is 4.79 Å². The number of aryl methyl sites for hydroxylation is 1. The van der Waals surface area contributed by atoms with Gasteiger partial charge in [0, 0.05) is 35.3 Å². The van der Waals surface area contributed by atoms with Gasteiger partial charge < -0.3 is 15.4 Å². The number of halogens is 1. The zero-order chi connectivity index (χ0) is 17.7. The molecule has 3 rings (SSSR count). The van der Waals surface area contributed by atoms with Crippen molar-refractivity contribution in [1.29, 1.82) is 0 Å². The highest BCUT2D eigenvalue weighted by molar-refractivity contribution is 9.10. The summed E-state index contributed by atoms with van der Waals surface area (Å²) in [6.07, 6.45) is 6.10. The van der Waals surface area contributed by atoms with Gasteiger partial charge in [-0.1, -0.05) is 41.3 Å². The summed E-state index contributed by atoms with van der Waals surface area (Å²) in [4.78, 5) is 15.0. The molecule has 0 unspecified atom stereocenters. The molecule has 138 valence electrons. The van der Waals surface area contributed by atoms with Crippen LogP contribution in [-0.4, -0.2) is 49.3 Å². The molecule has 1 aliphatic carbocycles. The second-order valence-electron chi connectivity index (χ2n) is 7.15. The third kappa shape index (κ3) is 4.74. The van der Waals surface area contributed by atoms with Crippen molar-refractivity contribution in [2.24, 2.45) is 0 Å². The van der Waals surface area contributed by atoms with Crippen molar-refractivity contribution < 1.29 is 9.53 Å². The Bertz CT molecular complexity index is 596. The van der Waals surface area contributed by atoms with E-state index in [1.54, 1.807) is 0 Å². The molecule has 1 saturated carbocycles. The predicted molar refractivity (Wildman–Crippen MR) is 104 cm³/mol. The lowest BCUT2D eigenvalue weighted by Gasteiger charge is -2.48. The molecule has 2 aliphatic rings. The van der Waals surface area contributed by atoms with E-state index in [4.69, 9.17) is 4.74 Å². The molecule has 1 aliphatic heterocycles. The molecule has 1 aromatic rings. The first-order chi connectivity index (χ1) is 12.1. The number of morpholine rings is 1. The third-order valence-corrected chi connectivity index (χ3v) is 5.99. The van der Waals surface area contributed by atoms with Gasteiger partial charge in [-0.3, -0.25) is 4.90 Å². The van der Waals surface area contributed by atoms with Crippen molar-refractivity contribution in [2.45, 2.75) is 44.6 Å². The molecule has 0 spiro atoms. The van der Waals surface area contributed by atoms with Crippen LogP contribution in [0.25, 0.3) is 0 Å². The fourth-order valence-corrected chi connectivity index (χ4v) is 4.35. The quantitative estimate of drug-likeness (QED) is 0.792. The number of nitrogens with one attached hydrogen (secondary N) is 2. The summed E-state index contributed by atoms with van der Waals surface area (Å²) in [5.74, 6) is 0. The molecule has 0 atom stereocenters. The van der Waals surface area contributed by atoms with Gasteiger partial charge in [-0.05, 0) is 37.5 Å². The normalized spacial score (nSPS) is 20.9. The second-order valence-corrected chi connectivity index (χ2v) is 8.07. The van der Waals surface area contributed by atoms with Crippen LogP contribution >= 0.6 is 15.9 Å². The summed E-state index contributed by atoms with van der Waals surface area (Å²) >= 11 is 3.46. The lowest BCUT2D eigenvalue weighted by molar-refractivity contribution is -0.0356. The first kappa shape index (κ1) is 18.7. The summed E-state index contributed by atoms with van der Waals surface area (Å²) in [5.41, 5.74) is 1.99. The van der Waals surface area contributed by atoms with Gasteiger partial charge in [0.05, 0.1) is 13.2 Å². The van der Waals surface area contributed by atoms with E-state index in [1.165, 1.54) is 19.3 Å². The number of benzene rings is 1. The second kappa shape index (κ2) is 8.52. The smallest absolute Gasteiger partial charge is 0.319 e. The molecule has 1 heterocycles. The van der Waals surface area contributed by atoms with E-state index < -0.39 is 0 Å². The number of ether oxygens (including phenoxy) is 1. The largest absolute Gasteiger partial charge is 0.379 e. The maximum atomic E-state index is 12.5. The SMILES string of the molecule is Cc1ccc(Br)cc1NC(=O)NCC1(N2CCOCC2)CCCCC1. The maximum absolute atomic E-state index is 12.5. The van der Waals surface area contributed by atoms with Crippen LogP contribution in [0.1, 0.15) is 37.7 Å². The van der Waals surface area contributed by atoms with Crippen molar-refractivity contribution in [1.82, 2.24) is 10.2 Å². The molecular weight excluding hydrogens is 382 g/mol. The molecule has 1 saturated heterocycles. The van der Waals surface area contributed by atoms with E-state index in [2.05, 4.69) is 31.5 Å². The van der Waals surface area contributed by atoms with Crippen LogP contribution in [-0.2, 0) is 4.74 Å². The van der Waals surface area contributed by atoms with Crippen LogP contribution in [0.2, 0.25) is 0 Å². The molecule has 1 aromatic carbocycles. The van der Waals surface area contributed by atoms with Crippen LogP contribution in [0.5, 0.6) is 0 Å². The minimum atomic E-state index is -0.126. The molecule has 6 heteroatoms. The van der Waals surface area contributed by atoms with Gasteiger partial charge in [0.15, 0.2) is 0 Å². The molecule has 0 bridgehead atoms. The molecule has 2 fully saturated rings. The van der Waals surface area contributed by atoms with Crippen molar-refractivity contribution >= 4 is 27.6 Å². The number of carbonyl (C=O) groups is 1. The Kier molecular flexibility index (Phi) is 6.36. The number of hydrogen-bond donors (Lipinski definition) is 2.